The first-order chi connectivity index (χ1) is 10.8. The van der Waals surface area contributed by atoms with E-state index >= 15 is 0 Å². The Hall–Kier alpha value is -2.25. The van der Waals surface area contributed by atoms with Crippen LogP contribution in [0.25, 0.3) is 0 Å². The van der Waals surface area contributed by atoms with Gasteiger partial charge in [-0.15, -0.1) is 0 Å². The van der Waals surface area contributed by atoms with Crippen LogP contribution in [0.15, 0.2) is 43.0 Å². The van der Waals surface area contributed by atoms with Gasteiger partial charge in [-0.05, 0) is 23.2 Å². The molecular formula is C15H17N5OS. The fraction of sp³-hybridized carbons (Fsp3) is 0.267. The van der Waals surface area contributed by atoms with Gasteiger partial charge in [-0.25, -0.2) is 0 Å². The largest absolute Gasteiger partial charge is 0.480 e. The molecule has 0 aliphatic heterocycles. The highest BCUT2D eigenvalue weighted by atomic mass is 32.1. The van der Waals surface area contributed by atoms with E-state index in [1.807, 2.05) is 37.8 Å². The van der Waals surface area contributed by atoms with Gasteiger partial charge < -0.3 is 10.1 Å². The summed E-state index contributed by atoms with van der Waals surface area (Å²) in [6, 6.07) is 5.98. The maximum Gasteiger partial charge on any atom is 0.225 e. The number of ether oxygens (including phenoxy) is 1. The number of nitrogens with zero attached hydrogens (tertiary/aromatic N) is 4. The van der Waals surface area contributed by atoms with Crippen LogP contribution in [0, 0.1) is 0 Å². The first-order valence-corrected chi connectivity index (χ1v) is 7.65. The van der Waals surface area contributed by atoms with Crippen molar-refractivity contribution in [3.63, 3.8) is 0 Å². The number of hydrogen-bond donors (Lipinski definition) is 1. The molecular weight excluding hydrogens is 298 g/mol. The van der Waals surface area contributed by atoms with E-state index in [2.05, 4.69) is 25.8 Å². The highest BCUT2D eigenvalue weighted by Crippen LogP contribution is 2.23. The molecule has 0 amide bonds. The van der Waals surface area contributed by atoms with Crippen molar-refractivity contribution in [2.24, 2.45) is 7.05 Å². The minimum atomic E-state index is 0.0375. The van der Waals surface area contributed by atoms with Crippen molar-refractivity contribution in [2.75, 3.05) is 7.11 Å². The second-order valence-electron chi connectivity index (χ2n) is 4.88. The molecule has 3 aromatic rings. The SMILES string of the molecule is COc1cc(CNC(c2cccnc2)c2cnn(C)c2)sn1. The molecule has 6 nitrogen and oxygen atoms in total. The summed E-state index contributed by atoms with van der Waals surface area (Å²) in [6.45, 7) is 0.704. The van der Waals surface area contributed by atoms with E-state index in [0.29, 0.717) is 12.4 Å². The molecule has 0 aliphatic rings. The molecule has 7 heteroatoms. The number of aromatic nitrogens is 4. The lowest BCUT2D eigenvalue weighted by Gasteiger charge is -2.17. The van der Waals surface area contributed by atoms with Gasteiger partial charge in [0.05, 0.1) is 19.3 Å². The first kappa shape index (κ1) is 14.7. The Morgan fingerprint density at radius 3 is 2.91 bits per heavy atom. The van der Waals surface area contributed by atoms with Gasteiger partial charge in [0.25, 0.3) is 0 Å². The molecule has 0 aliphatic carbocycles. The van der Waals surface area contributed by atoms with Crippen molar-refractivity contribution in [2.45, 2.75) is 12.6 Å². The van der Waals surface area contributed by atoms with Crippen LogP contribution in [-0.2, 0) is 13.6 Å². The summed E-state index contributed by atoms with van der Waals surface area (Å²) >= 11 is 1.44. The molecule has 0 spiro atoms. The van der Waals surface area contributed by atoms with E-state index in [9.17, 15) is 0 Å². The average Bonchev–Trinajstić information content (AvgIpc) is 3.18. The van der Waals surface area contributed by atoms with Crippen molar-refractivity contribution in [1.82, 2.24) is 24.5 Å². The monoisotopic (exact) mass is 315 g/mol. The smallest absolute Gasteiger partial charge is 0.225 e. The topological polar surface area (TPSA) is 64.9 Å². The van der Waals surface area contributed by atoms with Crippen LogP contribution in [0.5, 0.6) is 5.88 Å². The normalized spacial score (nSPS) is 12.3. The van der Waals surface area contributed by atoms with Crippen molar-refractivity contribution >= 4 is 11.5 Å². The molecule has 1 N–H and O–H groups in total. The highest BCUT2D eigenvalue weighted by molar-refractivity contribution is 7.05. The van der Waals surface area contributed by atoms with Crippen molar-refractivity contribution in [3.8, 4) is 5.88 Å². The fourth-order valence-corrected chi connectivity index (χ4v) is 2.88. The van der Waals surface area contributed by atoms with Gasteiger partial charge in [-0.1, -0.05) is 6.07 Å². The predicted octanol–water partition coefficient (Wildman–Crippen LogP) is 2.16. The summed E-state index contributed by atoms with van der Waals surface area (Å²) in [5.74, 6) is 0.654. The van der Waals surface area contributed by atoms with Gasteiger partial charge in [0.15, 0.2) is 0 Å². The van der Waals surface area contributed by atoms with E-state index in [0.717, 1.165) is 16.0 Å². The predicted molar refractivity (Wildman–Crippen MR) is 84.8 cm³/mol. The number of methoxy groups -OCH3 is 1. The Bertz CT molecular complexity index is 724. The minimum Gasteiger partial charge on any atom is -0.480 e. The Morgan fingerprint density at radius 1 is 1.36 bits per heavy atom. The zero-order valence-electron chi connectivity index (χ0n) is 12.4. The molecule has 114 valence electrons. The number of pyridine rings is 1. The summed E-state index contributed by atoms with van der Waals surface area (Å²) in [4.78, 5) is 5.33. The third-order valence-corrected chi connectivity index (χ3v) is 4.07. The van der Waals surface area contributed by atoms with Crippen molar-refractivity contribution in [3.05, 3.63) is 59.0 Å². The second-order valence-corrected chi connectivity index (χ2v) is 5.77. The van der Waals surface area contributed by atoms with Crippen molar-refractivity contribution < 1.29 is 4.74 Å². The molecule has 0 saturated heterocycles. The third kappa shape index (κ3) is 3.32. The van der Waals surface area contributed by atoms with Crippen LogP contribution in [0.3, 0.4) is 0 Å². The lowest BCUT2D eigenvalue weighted by molar-refractivity contribution is 0.402. The van der Waals surface area contributed by atoms with Crippen LogP contribution in [0.1, 0.15) is 22.0 Å². The molecule has 3 heterocycles. The molecule has 3 rings (SSSR count). The van der Waals surface area contributed by atoms with Gasteiger partial charge in [0.2, 0.25) is 5.88 Å². The number of nitrogens with one attached hydrogen (secondary N) is 1. The first-order valence-electron chi connectivity index (χ1n) is 6.87. The molecule has 0 radical (unpaired) electrons. The zero-order chi connectivity index (χ0) is 15.4. The lowest BCUT2D eigenvalue weighted by Crippen LogP contribution is -2.21. The van der Waals surface area contributed by atoms with Gasteiger partial charge in [0, 0.05) is 48.7 Å². The van der Waals surface area contributed by atoms with Crippen LogP contribution in [0.2, 0.25) is 0 Å². The van der Waals surface area contributed by atoms with Gasteiger partial charge in [-0.2, -0.15) is 9.47 Å². The molecule has 0 saturated carbocycles. The Kier molecular flexibility index (Phi) is 4.45. The number of rotatable bonds is 6. The van der Waals surface area contributed by atoms with Gasteiger partial charge in [0.1, 0.15) is 0 Å². The van der Waals surface area contributed by atoms with E-state index in [1.54, 1.807) is 18.0 Å². The fourth-order valence-electron chi connectivity index (χ4n) is 2.24. The highest BCUT2D eigenvalue weighted by Gasteiger charge is 2.16. The molecule has 22 heavy (non-hydrogen) atoms. The molecule has 0 aromatic carbocycles. The standard InChI is InChI=1S/C15H17N5OS/c1-20-10-12(8-18-20)15(11-4-3-5-16-7-11)17-9-13-6-14(21-2)19-22-13/h3-8,10,15,17H,9H2,1-2H3. The summed E-state index contributed by atoms with van der Waals surface area (Å²) < 4.78 is 11.1. The molecule has 0 fully saturated rings. The lowest BCUT2D eigenvalue weighted by atomic mass is 10.0. The van der Waals surface area contributed by atoms with E-state index in [4.69, 9.17) is 4.74 Å². The zero-order valence-corrected chi connectivity index (χ0v) is 13.2. The average molecular weight is 315 g/mol. The van der Waals surface area contributed by atoms with Crippen LogP contribution in [-0.4, -0.2) is 26.2 Å². The Balaban J connectivity index is 1.79. The summed E-state index contributed by atoms with van der Waals surface area (Å²) in [5.41, 5.74) is 2.21. The van der Waals surface area contributed by atoms with Gasteiger partial charge >= 0.3 is 0 Å². The van der Waals surface area contributed by atoms with E-state index in [-0.39, 0.29) is 6.04 Å². The summed E-state index contributed by atoms with van der Waals surface area (Å²) in [6.07, 6.45) is 7.53. The minimum absolute atomic E-state index is 0.0375. The van der Waals surface area contributed by atoms with Gasteiger partial charge in [-0.3, -0.25) is 9.67 Å². The van der Waals surface area contributed by atoms with E-state index in [1.165, 1.54) is 11.5 Å². The van der Waals surface area contributed by atoms with Crippen molar-refractivity contribution in [1.29, 1.82) is 0 Å². The Labute approximate surface area is 132 Å². The van der Waals surface area contributed by atoms with E-state index < -0.39 is 0 Å². The summed E-state index contributed by atoms with van der Waals surface area (Å²) in [7, 11) is 3.54. The number of aryl methyl sites for hydroxylation is 1. The maximum atomic E-state index is 5.12. The van der Waals surface area contributed by atoms with Crippen LogP contribution < -0.4 is 10.1 Å². The van der Waals surface area contributed by atoms with Crippen LogP contribution >= 0.6 is 11.5 Å². The molecule has 0 bridgehead atoms. The Morgan fingerprint density at radius 2 is 2.27 bits per heavy atom. The summed E-state index contributed by atoms with van der Waals surface area (Å²) in [5, 5.41) is 7.80. The second kappa shape index (κ2) is 6.67. The third-order valence-electron chi connectivity index (χ3n) is 3.30. The number of hydrogen-bond acceptors (Lipinski definition) is 6. The quantitative estimate of drug-likeness (QED) is 0.755. The molecule has 1 atom stereocenters. The molecule has 1 unspecified atom stereocenters. The molecule has 3 aromatic heterocycles. The van der Waals surface area contributed by atoms with Crippen LogP contribution in [0.4, 0.5) is 0 Å². The maximum absolute atomic E-state index is 5.12.